The van der Waals surface area contributed by atoms with Gasteiger partial charge in [0.1, 0.15) is 54.6 Å². The molecule has 0 aromatic heterocycles. The minimum Gasteiger partial charge on any atom is -0.479 e. The molecule has 0 aliphatic carbocycles. The summed E-state index contributed by atoms with van der Waals surface area (Å²) in [6, 6.07) is -6.93. The molecule has 1 heterocycles. The van der Waals surface area contributed by atoms with Gasteiger partial charge >= 0.3 is 11.9 Å². The predicted octanol–water partition coefficient (Wildman–Crippen LogP) is -4.86. The highest BCUT2D eigenvalue weighted by Gasteiger charge is 2.40. The number of halogens is 1. The lowest BCUT2D eigenvalue weighted by Gasteiger charge is -2.28. The highest BCUT2D eigenvalue weighted by atomic mass is 35.5. The molecule has 87 heavy (non-hydrogen) atoms. The second-order valence-corrected chi connectivity index (χ2v) is 20.9. The number of nitrogens with two attached hydrogens (primary N) is 4. The molecule has 32 heteroatoms. The number of aliphatic carboxylic acids is 1. The molecule has 11 atom stereocenters. The van der Waals surface area contributed by atoms with Gasteiger partial charge in [0, 0.05) is 13.0 Å². The number of aliphatic imine (C=N–C) groups is 1. The summed E-state index contributed by atoms with van der Waals surface area (Å²) >= 11 is 5.89. The summed E-state index contributed by atoms with van der Waals surface area (Å²) in [4.78, 5) is 156. The lowest BCUT2D eigenvalue weighted by atomic mass is 10.0. The van der Waals surface area contributed by atoms with Gasteiger partial charge in [-0.05, 0) is 57.7 Å². The molecule has 0 radical (unpaired) electrons. The number of unbranched alkanes of at least 4 members (excludes halogenated alkanes) is 8. The van der Waals surface area contributed by atoms with E-state index in [1.54, 1.807) is 30.3 Å². The van der Waals surface area contributed by atoms with Crippen molar-refractivity contribution in [1.29, 1.82) is 0 Å². The molecular weight excluding hydrogens is 1160 g/mol. The fraction of sp³-hybridized carbons (Fsp3) is 0.636. The number of cyclic esters (lactones) is 1. The van der Waals surface area contributed by atoms with Crippen molar-refractivity contribution in [3.05, 3.63) is 47.7 Å². The Balaban J connectivity index is 2.77. The van der Waals surface area contributed by atoms with E-state index in [0.717, 1.165) is 57.4 Å². The maximum Gasteiger partial charge on any atom is 0.335 e. The van der Waals surface area contributed by atoms with Gasteiger partial charge in [0.05, 0.1) is 31.1 Å². The Kier molecular flexibility index (Phi) is 36.1. The number of hydrogen-bond acceptors (Lipinski definition) is 19. The van der Waals surface area contributed by atoms with Crippen molar-refractivity contribution in [2.45, 2.75) is 183 Å². The number of guanidine groups is 1. The third-order valence-electron chi connectivity index (χ3n) is 13.6. The summed E-state index contributed by atoms with van der Waals surface area (Å²) in [6.07, 6.45) is 2.27. The van der Waals surface area contributed by atoms with Crippen LogP contribution in [0.4, 0.5) is 0 Å². The number of carbonyl (C=O) groups excluding carboxylic acids is 10. The van der Waals surface area contributed by atoms with Crippen LogP contribution in [-0.4, -0.2) is 202 Å². The number of aliphatic hydroxyl groups is 4. The Hall–Kier alpha value is -7.55. The van der Waals surface area contributed by atoms with Gasteiger partial charge in [0.25, 0.3) is 5.91 Å². The first-order chi connectivity index (χ1) is 41.4. The van der Waals surface area contributed by atoms with Crippen LogP contribution in [-0.2, 0) is 63.9 Å². The Morgan fingerprint density at radius 2 is 1.22 bits per heavy atom. The topological polar surface area (TPSA) is 523 Å². The number of rotatable bonds is 28. The zero-order chi connectivity index (χ0) is 65.0. The lowest BCUT2D eigenvalue weighted by molar-refractivity contribution is -0.155. The first-order valence-corrected chi connectivity index (χ1v) is 29.5. The number of carbonyl (C=O) groups is 11. The van der Waals surface area contributed by atoms with Crippen LogP contribution in [0.25, 0.3) is 0 Å². The molecule has 1 aliphatic rings. The number of hydrogen-bond donors (Lipinski definition) is 18. The minimum absolute atomic E-state index is 0.0369. The zero-order valence-electron chi connectivity index (χ0n) is 49.1. The van der Waals surface area contributed by atoms with E-state index < -0.39 is 163 Å². The van der Waals surface area contributed by atoms with E-state index in [0.29, 0.717) is 12.0 Å². The van der Waals surface area contributed by atoms with E-state index in [-0.39, 0.29) is 64.1 Å². The molecule has 0 spiro atoms. The number of carboxylic acids is 1. The number of alkyl halides is 1. The predicted molar refractivity (Wildman–Crippen MR) is 316 cm³/mol. The summed E-state index contributed by atoms with van der Waals surface area (Å²) in [5, 5.41) is 73.3. The van der Waals surface area contributed by atoms with Crippen molar-refractivity contribution in [2.75, 3.05) is 38.7 Å². The highest BCUT2D eigenvalue weighted by molar-refractivity contribution is 6.18. The fourth-order valence-corrected chi connectivity index (χ4v) is 8.91. The van der Waals surface area contributed by atoms with Gasteiger partial charge in [-0.2, -0.15) is 0 Å². The number of nitrogens with one attached hydrogen (secondary N) is 9. The normalized spacial score (nSPS) is 23.5. The molecule has 2 rings (SSSR count). The largest absolute Gasteiger partial charge is 0.479 e. The first kappa shape index (κ1) is 75.5. The monoisotopic (exact) mass is 1250 g/mol. The van der Waals surface area contributed by atoms with E-state index >= 15 is 0 Å². The van der Waals surface area contributed by atoms with Gasteiger partial charge in [-0.15, -0.1) is 11.6 Å². The first-order valence-electron chi connectivity index (χ1n) is 28.9. The molecule has 488 valence electrons. The van der Waals surface area contributed by atoms with Gasteiger partial charge in [0.15, 0.2) is 18.1 Å². The zero-order valence-corrected chi connectivity index (χ0v) is 49.9. The summed E-state index contributed by atoms with van der Waals surface area (Å²) in [5.74, 6) is -15.6. The molecule has 1 saturated heterocycles. The molecule has 0 bridgehead atoms. The van der Waals surface area contributed by atoms with Gasteiger partial charge in [-0.3, -0.25) is 48.1 Å². The van der Waals surface area contributed by atoms with E-state index in [1.165, 1.54) is 6.92 Å². The summed E-state index contributed by atoms with van der Waals surface area (Å²) in [5.41, 5.74) is 22.5. The Morgan fingerprint density at radius 1 is 0.690 bits per heavy atom. The molecular formula is C55H89ClN14O17. The molecule has 31 nitrogen and oxygen atoms in total. The third-order valence-corrected chi connectivity index (χ3v) is 13.9. The number of benzene rings is 1. The Bertz CT molecular complexity index is 2480. The van der Waals surface area contributed by atoms with E-state index in [4.69, 9.17) is 39.3 Å². The maximum atomic E-state index is 14.4. The Morgan fingerprint density at radius 3 is 1.74 bits per heavy atom. The highest BCUT2D eigenvalue weighted by Crippen LogP contribution is 2.14. The van der Waals surface area contributed by atoms with Crippen molar-refractivity contribution < 1.29 is 83.0 Å². The van der Waals surface area contributed by atoms with Crippen molar-refractivity contribution in [2.24, 2.45) is 27.9 Å². The standard InChI is InChI=1S/C55H89ClN14O17/c1-3-5-6-7-8-9-10-11-15-19-32(72)27-41(74)62-39-30-87-54(86)42(40(73)28-56)69-52(83)43(44(75)53(84)85)70-45(76)33(4-2)63-49(80)37(26-31-17-13-12-14-18-31)67-46(77)34(20-16-25-61-55(59)60)64-47(78)35(21-23-57)65-48(79)36(22-24-58)66-50(81)38(29-71)68-51(39)82/h4,12-14,17-18,32,34-40,42-44,71-73,75H,3,5-11,15-16,19-30,57-58H2,1-2H3,(H,62,74)(H,63,80)(H,64,78)(H,65,79)(H,66,81)(H,67,77)(H,68,82)(H,69,83)(H,70,76)(H,84,85)(H4,59,60,61). The van der Waals surface area contributed by atoms with Gasteiger partial charge < -0.3 is 101 Å². The smallest absolute Gasteiger partial charge is 0.335 e. The minimum atomic E-state index is -2.81. The molecule has 9 amide bonds. The molecule has 1 aliphatic heterocycles. The quantitative estimate of drug-likeness (QED) is 0.00934. The number of ether oxygens (including phenoxy) is 1. The Labute approximate surface area is 509 Å². The number of amides is 9. The number of nitrogens with zero attached hydrogens (tertiary/aromatic N) is 1. The van der Waals surface area contributed by atoms with E-state index in [1.807, 2.05) is 10.6 Å². The summed E-state index contributed by atoms with van der Waals surface area (Å²) in [6.45, 7) is 0.465. The molecule has 1 aromatic carbocycles. The molecule has 22 N–H and O–H groups in total. The SMILES string of the molecule is CC=C1NC(=O)C(Cc2ccccc2)NC(=O)C(CCCN=C(N)N)NC(=O)C(CCN)NC(=O)C(CCN)NC(=O)C(CO)NC(=O)C(NC(=O)CC(O)CCCCCCCCCCC)COC(=O)C(C(O)CCl)NC(=O)C(C(O)C(=O)O)NC1=O. The van der Waals surface area contributed by atoms with Crippen LogP contribution in [0.1, 0.15) is 116 Å². The lowest BCUT2D eigenvalue weighted by Crippen LogP contribution is -2.62. The second-order valence-electron chi connectivity index (χ2n) is 20.6. The van der Waals surface area contributed by atoms with Crippen molar-refractivity contribution in [3.63, 3.8) is 0 Å². The van der Waals surface area contributed by atoms with Crippen LogP contribution in [0.15, 0.2) is 47.1 Å². The van der Waals surface area contributed by atoms with E-state index in [2.05, 4.69) is 49.1 Å². The van der Waals surface area contributed by atoms with Crippen LogP contribution in [0.3, 0.4) is 0 Å². The summed E-state index contributed by atoms with van der Waals surface area (Å²) in [7, 11) is 0. The van der Waals surface area contributed by atoms with Crippen molar-refractivity contribution in [3.8, 4) is 0 Å². The van der Waals surface area contributed by atoms with Gasteiger partial charge in [-0.25, -0.2) is 9.59 Å². The fourth-order valence-electron chi connectivity index (χ4n) is 8.73. The third kappa shape index (κ3) is 28.2. The second kappa shape index (κ2) is 41.5. The summed E-state index contributed by atoms with van der Waals surface area (Å²) < 4.78 is 5.29. The average Bonchev–Trinajstić information content (AvgIpc) is 2.80. The van der Waals surface area contributed by atoms with Crippen molar-refractivity contribution >= 4 is 82.7 Å². The average molecular weight is 1250 g/mol. The van der Waals surface area contributed by atoms with Crippen LogP contribution in [0, 0.1) is 0 Å². The molecule has 1 aromatic rings. The number of carboxylic acid groups (broad SMARTS) is 1. The van der Waals surface area contributed by atoms with Gasteiger partial charge in [-0.1, -0.05) is 101 Å². The van der Waals surface area contributed by atoms with Crippen molar-refractivity contribution in [1.82, 2.24) is 47.9 Å². The van der Waals surface area contributed by atoms with Crippen LogP contribution >= 0.6 is 11.6 Å². The molecule has 11 unspecified atom stereocenters. The molecule has 1 fully saturated rings. The van der Waals surface area contributed by atoms with Gasteiger partial charge in [0.2, 0.25) is 47.3 Å². The van der Waals surface area contributed by atoms with Crippen LogP contribution in [0.2, 0.25) is 0 Å². The number of allylic oxidation sites excluding steroid dienone is 1. The van der Waals surface area contributed by atoms with Crippen LogP contribution in [0.5, 0.6) is 0 Å². The van der Waals surface area contributed by atoms with E-state index in [9.17, 15) is 78.3 Å². The maximum absolute atomic E-state index is 14.4. The number of aliphatic hydroxyl groups excluding tert-OH is 4. The molecule has 0 saturated carbocycles. The van der Waals surface area contributed by atoms with Crippen LogP contribution < -0.4 is 70.8 Å². The number of esters is 1.